The molecule has 1 aliphatic rings. The lowest BCUT2D eigenvalue weighted by Crippen LogP contribution is -2.41. The van der Waals surface area contributed by atoms with E-state index in [1.165, 1.54) is 4.90 Å². The molecule has 96 valence electrons. The van der Waals surface area contributed by atoms with Crippen molar-refractivity contribution >= 4 is 12.1 Å². The Morgan fingerprint density at radius 3 is 2.61 bits per heavy atom. The number of nitrogens with zero attached hydrogens (tertiary/aromatic N) is 1. The molecule has 1 amide bonds. The van der Waals surface area contributed by atoms with Gasteiger partial charge in [0.25, 0.3) is 0 Å². The van der Waals surface area contributed by atoms with E-state index in [9.17, 15) is 9.59 Å². The first-order valence-corrected chi connectivity index (χ1v) is 5.86. The number of carbonyl (C=O) groups excluding carboxylic acids is 1. The molecule has 5 nitrogen and oxygen atoms in total. The van der Waals surface area contributed by atoms with E-state index in [2.05, 4.69) is 0 Å². The molecule has 0 spiro atoms. The molecule has 1 atom stereocenters. The number of carbonyl (C=O) groups is 2. The Bertz CT molecular complexity index is 455. The average molecular weight is 249 g/mol. The number of hydrogen-bond donors (Lipinski definition) is 1. The maximum absolute atomic E-state index is 11.9. The van der Waals surface area contributed by atoms with Gasteiger partial charge in [0, 0.05) is 6.54 Å². The summed E-state index contributed by atoms with van der Waals surface area (Å²) in [4.78, 5) is 24.1. The number of aliphatic carboxylic acids is 1. The van der Waals surface area contributed by atoms with E-state index in [0.29, 0.717) is 25.1 Å². The number of benzene rings is 1. The van der Waals surface area contributed by atoms with Crippen LogP contribution in [-0.2, 0) is 4.79 Å². The molecule has 18 heavy (non-hydrogen) atoms. The van der Waals surface area contributed by atoms with Crippen LogP contribution in [0.2, 0.25) is 0 Å². The molecule has 1 saturated heterocycles. The lowest BCUT2D eigenvalue weighted by molar-refractivity contribution is -0.141. The van der Waals surface area contributed by atoms with Crippen molar-refractivity contribution in [3.8, 4) is 5.75 Å². The number of amides is 1. The molecule has 1 heterocycles. The molecule has 1 aromatic rings. The van der Waals surface area contributed by atoms with Crippen LogP contribution in [0, 0.1) is 6.92 Å². The fourth-order valence-corrected chi connectivity index (χ4v) is 2.01. The largest absolute Gasteiger partial charge is 0.480 e. The van der Waals surface area contributed by atoms with Gasteiger partial charge in [-0.05, 0) is 31.9 Å². The molecule has 0 aromatic heterocycles. The normalized spacial score (nSPS) is 18.7. The summed E-state index contributed by atoms with van der Waals surface area (Å²) in [6.45, 7) is 2.37. The van der Waals surface area contributed by atoms with Gasteiger partial charge in [-0.15, -0.1) is 0 Å². The number of carboxylic acids is 1. The van der Waals surface area contributed by atoms with E-state index in [1.807, 2.05) is 19.1 Å². The van der Waals surface area contributed by atoms with Gasteiger partial charge >= 0.3 is 12.1 Å². The highest BCUT2D eigenvalue weighted by Gasteiger charge is 2.35. The zero-order valence-electron chi connectivity index (χ0n) is 10.1. The minimum absolute atomic E-state index is 0.432. The summed E-state index contributed by atoms with van der Waals surface area (Å²) in [5.41, 5.74) is 1.07. The first-order chi connectivity index (χ1) is 8.58. The van der Waals surface area contributed by atoms with Crippen molar-refractivity contribution < 1.29 is 19.4 Å². The lowest BCUT2D eigenvalue weighted by atomic mass is 10.2. The van der Waals surface area contributed by atoms with Crippen molar-refractivity contribution in [3.05, 3.63) is 29.8 Å². The Balaban J connectivity index is 2.03. The van der Waals surface area contributed by atoms with Crippen molar-refractivity contribution in [2.24, 2.45) is 0 Å². The first kappa shape index (κ1) is 12.4. The van der Waals surface area contributed by atoms with Crippen LogP contribution >= 0.6 is 0 Å². The van der Waals surface area contributed by atoms with Crippen molar-refractivity contribution in [2.75, 3.05) is 6.54 Å². The zero-order chi connectivity index (χ0) is 13.1. The minimum atomic E-state index is -0.978. The lowest BCUT2D eigenvalue weighted by Gasteiger charge is -2.20. The highest BCUT2D eigenvalue weighted by molar-refractivity contribution is 5.81. The van der Waals surface area contributed by atoms with Gasteiger partial charge < -0.3 is 9.84 Å². The summed E-state index contributed by atoms with van der Waals surface area (Å²) in [7, 11) is 0. The van der Waals surface area contributed by atoms with Crippen molar-refractivity contribution in [3.63, 3.8) is 0 Å². The number of carboxylic acid groups (broad SMARTS) is 1. The van der Waals surface area contributed by atoms with Crippen molar-refractivity contribution in [1.29, 1.82) is 0 Å². The van der Waals surface area contributed by atoms with Gasteiger partial charge in [-0.25, -0.2) is 9.59 Å². The summed E-state index contributed by atoms with van der Waals surface area (Å²) < 4.78 is 5.16. The molecule has 1 fully saturated rings. The standard InChI is InChI=1S/C13H15NO4/c1-9-4-6-10(7-5-9)18-13(17)14-8-2-3-11(14)12(15)16/h4-7,11H,2-3,8H2,1H3,(H,15,16)/t11-/m0/s1. The topological polar surface area (TPSA) is 66.8 Å². The van der Waals surface area contributed by atoms with Crippen LogP contribution < -0.4 is 4.74 Å². The molecule has 1 aliphatic heterocycles. The van der Waals surface area contributed by atoms with Crippen LogP contribution in [-0.4, -0.2) is 34.7 Å². The Morgan fingerprint density at radius 1 is 1.33 bits per heavy atom. The predicted octanol–water partition coefficient (Wildman–Crippen LogP) is 2.04. The van der Waals surface area contributed by atoms with Gasteiger partial charge in [-0.1, -0.05) is 17.7 Å². The van der Waals surface area contributed by atoms with E-state index in [-0.39, 0.29) is 0 Å². The zero-order valence-corrected chi connectivity index (χ0v) is 10.1. The quantitative estimate of drug-likeness (QED) is 0.871. The van der Waals surface area contributed by atoms with Gasteiger partial charge in [-0.3, -0.25) is 4.90 Å². The Hall–Kier alpha value is -2.04. The number of aryl methyl sites for hydroxylation is 1. The molecule has 0 bridgehead atoms. The van der Waals surface area contributed by atoms with Crippen LogP contribution in [0.25, 0.3) is 0 Å². The first-order valence-electron chi connectivity index (χ1n) is 5.86. The third-order valence-corrected chi connectivity index (χ3v) is 3.00. The number of likely N-dealkylation sites (tertiary alicyclic amines) is 1. The molecular formula is C13H15NO4. The SMILES string of the molecule is Cc1ccc(OC(=O)N2CCC[C@H]2C(=O)O)cc1. The van der Waals surface area contributed by atoms with E-state index in [0.717, 1.165) is 5.56 Å². The summed E-state index contributed by atoms with van der Waals surface area (Å²) in [5, 5.41) is 8.99. The second-order valence-corrected chi connectivity index (χ2v) is 4.37. The van der Waals surface area contributed by atoms with Crippen LogP contribution in [0.3, 0.4) is 0 Å². The number of hydrogen-bond acceptors (Lipinski definition) is 3. The Morgan fingerprint density at radius 2 is 2.00 bits per heavy atom. The maximum Gasteiger partial charge on any atom is 0.415 e. The van der Waals surface area contributed by atoms with Gasteiger partial charge in [0.05, 0.1) is 0 Å². The molecule has 2 rings (SSSR count). The number of rotatable bonds is 2. The Kier molecular flexibility index (Phi) is 3.50. The van der Waals surface area contributed by atoms with Gasteiger partial charge in [0.2, 0.25) is 0 Å². The summed E-state index contributed by atoms with van der Waals surface area (Å²) >= 11 is 0. The third kappa shape index (κ3) is 2.61. The van der Waals surface area contributed by atoms with Gasteiger partial charge in [-0.2, -0.15) is 0 Å². The second-order valence-electron chi connectivity index (χ2n) is 4.37. The number of ether oxygens (including phenoxy) is 1. The van der Waals surface area contributed by atoms with Crippen LogP contribution in [0.5, 0.6) is 5.75 Å². The average Bonchev–Trinajstić information content (AvgIpc) is 2.81. The van der Waals surface area contributed by atoms with Crippen LogP contribution in [0.15, 0.2) is 24.3 Å². The molecule has 5 heteroatoms. The third-order valence-electron chi connectivity index (χ3n) is 3.00. The molecule has 0 unspecified atom stereocenters. The summed E-state index contributed by atoms with van der Waals surface area (Å²) in [5.74, 6) is -0.546. The van der Waals surface area contributed by atoms with Crippen molar-refractivity contribution in [2.45, 2.75) is 25.8 Å². The van der Waals surface area contributed by atoms with Gasteiger partial charge in [0.15, 0.2) is 0 Å². The summed E-state index contributed by atoms with van der Waals surface area (Å²) in [6, 6.07) is 6.30. The molecular weight excluding hydrogens is 234 g/mol. The van der Waals surface area contributed by atoms with Gasteiger partial charge in [0.1, 0.15) is 11.8 Å². The molecule has 0 radical (unpaired) electrons. The highest BCUT2D eigenvalue weighted by atomic mass is 16.6. The van der Waals surface area contributed by atoms with Crippen LogP contribution in [0.1, 0.15) is 18.4 Å². The fourth-order valence-electron chi connectivity index (χ4n) is 2.01. The molecule has 1 aromatic carbocycles. The van der Waals surface area contributed by atoms with E-state index < -0.39 is 18.1 Å². The monoisotopic (exact) mass is 249 g/mol. The van der Waals surface area contributed by atoms with E-state index >= 15 is 0 Å². The minimum Gasteiger partial charge on any atom is -0.480 e. The van der Waals surface area contributed by atoms with E-state index in [4.69, 9.17) is 9.84 Å². The van der Waals surface area contributed by atoms with Crippen LogP contribution in [0.4, 0.5) is 4.79 Å². The van der Waals surface area contributed by atoms with Crippen molar-refractivity contribution in [1.82, 2.24) is 4.90 Å². The fraction of sp³-hybridized carbons (Fsp3) is 0.385. The molecule has 0 saturated carbocycles. The smallest absolute Gasteiger partial charge is 0.415 e. The second kappa shape index (κ2) is 5.08. The maximum atomic E-state index is 11.9. The Labute approximate surface area is 105 Å². The molecule has 1 N–H and O–H groups in total. The summed E-state index contributed by atoms with van der Waals surface area (Å²) in [6.07, 6.45) is 0.585. The van der Waals surface area contributed by atoms with E-state index in [1.54, 1.807) is 12.1 Å². The molecule has 0 aliphatic carbocycles. The highest BCUT2D eigenvalue weighted by Crippen LogP contribution is 2.20. The predicted molar refractivity (Wildman–Crippen MR) is 64.6 cm³/mol.